The summed E-state index contributed by atoms with van der Waals surface area (Å²) in [6.45, 7) is 3.50. The van der Waals surface area contributed by atoms with Gasteiger partial charge in [0, 0.05) is 12.0 Å². The van der Waals surface area contributed by atoms with Crippen LogP contribution in [0.25, 0.3) is 0 Å². The number of aliphatic hydroxyl groups excluding tert-OH is 1. The van der Waals surface area contributed by atoms with Crippen molar-refractivity contribution in [2.75, 3.05) is 0 Å². The number of rotatable bonds is 2. The number of benzene rings is 1. The molecule has 0 fully saturated rings. The first-order valence-electron chi connectivity index (χ1n) is 4.21. The van der Waals surface area contributed by atoms with E-state index in [-0.39, 0.29) is 17.4 Å². The highest BCUT2D eigenvalue weighted by atomic mass is 16.3. The molecular weight excluding hydrogens is 168 g/mol. The molecule has 3 N–H and O–H groups in total. The van der Waals surface area contributed by atoms with Gasteiger partial charge in [0.2, 0.25) is 0 Å². The van der Waals surface area contributed by atoms with Crippen LogP contribution in [0.3, 0.4) is 0 Å². The predicted molar refractivity (Wildman–Crippen MR) is 49.9 cm³/mol. The summed E-state index contributed by atoms with van der Waals surface area (Å²) in [5, 5.41) is 27.7. The maximum absolute atomic E-state index is 9.29. The highest BCUT2D eigenvalue weighted by molar-refractivity contribution is 5.38. The second kappa shape index (κ2) is 3.66. The summed E-state index contributed by atoms with van der Waals surface area (Å²) in [5.41, 5.74) is 0.729. The molecule has 0 heterocycles. The van der Waals surface area contributed by atoms with Gasteiger partial charge < -0.3 is 15.3 Å². The zero-order chi connectivity index (χ0) is 10.0. The van der Waals surface area contributed by atoms with E-state index in [1.807, 2.05) is 6.92 Å². The van der Waals surface area contributed by atoms with Gasteiger partial charge in [0.15, 0.2) is 0 Å². The first-order valence-corrected chi connectivity index (χ1v) is 4.21. The van der Waals surface area contributed by atoms with Crippen molar-refractivity contribution in [3.63, 3.8) is 0 Å². The third-order valence-electron chi connectivity index (χ3n) is 2.17. The zero-order valence-corrected chi connectivity index (χ0v) is 7.73. The van der Waals surface area contributed by atoms with Crippen molar-refractivity contribution in [1.29, 1.82) is 0 Å². The fourth-order valence-corrected chi connectivity index (χ4v) is 1.16. The van der Waals surface area contributed by atoms with Gasteiger partial charge in [-0.2, -0.15) is 0 Å². The van der Waals surface area contributed by atoms with Gasteiger partial charge in [-0.15, -0.1) is 0 Å². The Labute approximate surface area is 77.3 Å². The van der Waals surface area contributed by atoms with E-state index < -0.39 is 6.10 Å². The fraction of sp³-hybridized carbons (Fsp3) is 0.400. The van der Waals surface area contributed by atoms with Gasteiger partial charge in [-0.1, -0.05) is 6.92 Å². The Morgan fingerprint density at radius 1 is 1.00 bits per heavy atom. The molecule has 0 amide bonds. The lowest BCUT2D eigenvalue weighted by molar-refractivity contribution is 0.169. The summed E-state index contributed by atoms with van der Waals surface area (Å²) in [4.78, 5) is 0. The quantitative estimate of drug-likeness (QED) is 0.650. The number of phenolic OH excluding ortho intramolecular Hbond substituents is 2. The van der Waals surface area contributed by atoms with Crippen LogP contribution in [-0.4, -0.2) is 21.4 Å². The summed E-state index contributed by atoms with van der Waals surface area (Å²) in [7, 11) is 0. The molecule has 0 bridgehead atoms. The smallest absolute Gasteiger partial charge is 0.119 e. The van der Waals surface area contributed by atoms with Gasteiger partial charge in [-0.3, -0.25) is 0 Å². The Kier molecular flexibility index (Phi) is 2.78. The van der Waals surface area contributed by atoms with E-state index >= 15 is 0 Å². The molecule has 0 aliphatic rings. The molecule has 2 unspecified atom stereocenters. The highest BCUT2D eigenvalue weighted by Gasteiger charge is 2.12. The van der Waals surface area contributed by atoms with E-state index in [0.29, 0.717) is 0 Å². The van der Waals surface area contributed by atoms with Crippen LogP contribution in [0.4, 0.5) is 0 Å². The first kappa shape index (κ1) is 9.86. The molecule has 1 aromatic carbocycles. The van der Waals surface area contributed by atoms with Gasteiger partial charge in [-0.05, 0) is 24.6 Å². The van der Waals surface area contributed by atoms with Crippen molar-refractivity contribution in [1.82, 2.24) is 0 Å². The Hall–Kier alpha value is -1.22. The average molecular weight is 182 g/mol. The molecule has 2 atom stereocenters. The van der Waals surface area contributed by atoms with Crippen molar-refractivity contribution in [3.8, 4) is 11.5 Å². The van der Waals surface area contributed by atoms with Crippen molar-refractivity contribution >= 4 is 0 Å². The van der Waals surface area contributed by atoms with Crippen LogP contribution in [0.15, 0.2) is 18.2 Å². The van der Waals surface area contributed by atoms with Crippen LogP contribution in [0, 0.1) is 0 Å². The molecule has 0 radical (unpaired) electrons. The normalized spacial score (nSPS) is 15.3. The third-order valence-corrected chi connectivity index (χ3v) is 2.17. The lowest BCUT2D eigenvalue weighted by Gasteiger charge is -2.15. The SMILES string of the molecule is CC(O)C(C)c1cc(O)cc(O)c1. The summed E-state index contributed by atoms with van der Waals surface area (Å²) >= 11 is 0. The lowest BCUT2D eigenvalue weighted by Crippen LogP contribution is -2.10. The number of hydrogen-bond donors (Lipinski definition) is 3. The maximum Gasteiger partial charge on any atom is 0.119 e. The van der Waals surface area contributed by atoms with Crippen molar-refractivity contribution in [2.45, 2.75) is 25.9 Å². The molecular formula is C10H14O3. The minimum absolute atomic E-state index is 0.0162. The molecule has 0 aromatic heterocycles. The summed E-state index contributed by atoms with van der Waals surface area (Å²) in [5.74, 6) is -0.0667. The summed E-state index contributed by atoms with van der Waals surface area (Å²) < 4.78 is 0. The molecule has 0 aliphatic heterocycles. The molecule has 3 nitrogen and oxygen atoms in total. The van der Waals surface area contributed by atoms with E-state index in [9.17, 15) is 15.3 Å². The largest absolute Gasteiger partial charge is 0.508 e. The first-order chi connectivity index (χ1) is 6.00. The van der Waals surface area contributed by atoms with Gasteiger partial charge in [-0.25, -0.2) is 0 Å². The molecule has 13 heavy (non-hydrogen) atoms. The van der Waals surface area contributed by atoms with Gasteiger partial charge in [0.05, 0.1) is 6.10 Å². The Balaban J connectivity index is 3.01. The van der Waals surface area contributed by atoms with Crippen molar-refractivity contribution < 1.29 is 15.3 Å². The number of phenols is 2. The number of aliphatic hydroxyl groups is 1. The van der Waals surface area contributed by atoms with Crippen LogP contribution < -0.4 is 0 Å². The molecule has 0 spiro atoms. The van der Waals surface area contributed by atoms with E-state index in [0.717, 1.165) is 5.56 Å². The predicted octanol–water partition coefficient (Wildman–Crippen LogP) is 1.58. The topological polar surface area (TPSA) is 60.7 Å². The highest BCUT2D eigenvalue weighted by Crippen LogP contribution is 2.27. The monoisotopic (exact) mass is 182 g/mol. The zero-order valence-electron chi connectivity index (χ0n) is 7.73. The van der Waals surface area contributed by atoms with Crippen molar-refractivity contribution in [3.05, 3.63) is 23.8 Å². The maximum atomic E-state index is 9.29. The van der Waals surface area contributed by atoms with E-state index in [1.165, 1.54) is 18.2 Å². The van der Waals surface area contributed by atoms with Crippen LogP contribution in [-0.2, 0) is 0 Å². The molecule has 0 aliphatic carbocycles. The Bertz CT molecular complexity index is 274. The van der Waals surface area contributed by atoms with Crippen LogP contribution >= 0.6 is 0 Å². The van der Waals surface area contributed by atoms with E-state index in [2.05, 4.69) is 0 Å². The molecule has 3 heteroatoms. The summed E-state index contributed by atoms with van der Waals surface area (Å²) in [6, 6.07) is 4.34. The second-order valence-electron chi connectivity index (χ2n) is 3.31. The van der Waals surface area contributed by atoms with E-state index in [1.54, 1.807) is 6.92 Å². The Morgan fingerprint density at radius 3 is 1.85 bits per heavy atom. The standard InChI is InChI=1S/C10H14O3/c1-6(7(2)11)8-3-9(12)5-10(13)4-8/h3-7,11-13H,1-2H3. The fourth-order valence-electron chi connectivity index (χ4n) is 1.16. The van der Waals surface area contributed by atoms with Gasteiger partial charge in [0.1, 0.15) is 11.5 Å². The van der Waals surface area contributed by atoms with E-state index in [4.69, 9.17) is 0 Å². The van der Waals surface area contributed by atoms with Gasteiger partial charge in [0.25, 0.3) is 0 Å². The van der Waals surface area contributed by atoms with Crippen LogP contribution in [0.1, 0.15) is 25.3 Å². The minimum Gasteiger partial charge on any atom is -0.508 e. The molecule has 0 saturated heterocycles. The van der Waals surface area contributed by atoms with Crippen LogP contribution in [0.2, 0.25) is 0 Å². The molecule has 72 valence electrons. The number of hydrogen-bond acceptors (Lipinski definition) is 3. The van der Waals surface area contributed by atoms with Gasteiger partial charge >= 0.3 is 0 Å². The minimum atomic E-state index is -0.499. The third kappa shape index (κ3) is 2.36. The Morgan fingerprint density at radius 2 is 1.46 bits per heavy atom. The van der Waals surface area contributed by atoms with Crippen LogP contribution in [0.5, 0.6) is 11.5 Å². The molecule has 0 saturated carbocycles. The molecule has 1 rings (SSSR count). The molecule has 1 aromatic rings. The number of aromatic hydroxyl groups is 2. The second-order valence-corrected chi connectivity index (χ2v) is 3.31. The average Bonchev–Trinajstić information content (AvgIpc) is 2.01. The summed E-state index contributed by atoms with van der Waals surface area (Å²) in [6.07, 6.45) is -0.499. The van der Waals surface area contributed by atoms with Crippen molar-refractivity contribution in [2.24, 2.45) is 0 Å². The lowest BCUT2D eigenvalue weighted by atomic mass is 9.96.